The third-order valence-electron chi connectivity index (χ3n) is 3.58. The van der Waals surface area contributed by atoms with E-state index < -0.39 is 54.6 Å². The summed E-state index contributed by atoms with van der Waals surface area (Å²) in [4.78, 5) is 46.0. The van der Waals surface area contributed by atoms with Gasteiger partial charge in [0.1, 0.15) is 12.7 Å². The lowest BCUT2D eigenvalue weighted by Crippen LogP contribution is -2.62. The highest BCUT2D eigenvalue weighted by atomic mass is 16.7. The van der Waals surface area contributed by atoms with Crippen LogP contribution in [0.15, 0.2) is 12.2 Å². The molecule has 0 amide bonds. The quantitative estimate of drug-likeness (QED) is 0.297. The maximum Gasteiger partial charge on any atom is 0.303 e. The summed E-state index contributed by atoms with van der Waals surface area (Å²) in [7, 11) is 0. The number of esters is 4. The van der Waals surface area contributed by atoms with Gasteiger partial charge in [0.15, 0.2) is 24.6 Å². The van der Waals surface area contributed by atoms with E-state index in [1.165, 1.54) is 19.1 Å². The minimum Gasteiger partial charge on any atom is -0.463 e. The van der Waals surface area contributed by atoms with Crippen LogP contribution in [-0.2, 0) is 47.6 Å². The van der Waals surface area contributed by atoms with Gasteiger partial charge >= 0.3 is 23.9 Å². The fraction of sp³-hybridized carbons (Fsp3) is 0.667. The molecule has 1 saturated heterocycles. The van der Waals surface area contributed by atoms with Gasteiger partial charge in [-0.3, -0.25) is 19.2 Å². The summed E-state index contributed by atoms with van der Waals surface area (Å²) in [6, 6.07) is 0. The van der Waals surface area contributed by atoms with E-state index in [4.69, 9.17) is 33.5 Å². The van der Waals surface area contributed by atoms with Gasteiger partial charge in [0, 0.05) is 27.7 Å². The second kappa shape index (κ2) is 12.1. The molecule has 164 valence electrons. The second-order valence-corrected chi connectivity index (χ2v) is 6.05. The van der Waals surface area contributed by atoms with Crippen molar-refractivity contribution < 1.29 is 52.7 Å². The molecule has 0 aromatic rings. The first kappa shape index (κ1) is 24.5. The maximum atomic E-state index is 11.6. The second-order valence-electron chi connectivity index (χ2n) is 6.05. The first-order valence-electron chi connectivity index (χ1n) is 8.83. The van der Waals surface area contributed by atoms with Gasteiger partial charge in [-0.2, -0.15) is 0 Å². The molecule has 29 heavy (non-hydrogen) atoms. The number of rotatable bonds is 9. The Balaban J connectivity index is 3.22. The van der Waals surface area contributed by atoms with E-state index in [1.54, 1.807) is 0 Å². The Morgan fingerprint density at radius 2 is 1.38 bits per heavy atom. The van der Waals surface area contributed by atoms with Crippen molar-refractivity contribution in [3.8, 4) is 0 Å². The number of carbonyl (C=O) groups excluding carboxylic acids is 4. The van der Waals surface area contributed by atoms with Crippen LogP contribution in [0.1, 0.15) is 27.7 Å². The van der Waals surface area contributed by atoms with E-state index in [1.807, 2.05) is 0 Å². The van der Waals surface area contributed by atoms with Gasteiger partial charge < -0.3 is 33.5 Å². The topological polar surface area (TPSA) is 144 Å². The highest BCUT2D eigenvalue weighted by molar-refractivity contribution is 5.68. The van der Waals surface area contributed by atoms with Crippen molar-refractivity contribution in [1.29, 1.82) is 0 Å². The van der Waals surface area contributed by atoms with Crippen LogP contribution in [0.25, 0.3) is 0 Å². The molecule has 0 unspecified atom stereocenters. The Morgan fingerprint density at radius 3 is 1.90 bits per heavy atom. The van der Waals surface area contributed by atoms with E-state index >= 15 is 0 Å². The van der Waals surface area contributed by atoms with E-state index in [2.05, 4.69) is 0 Å². The summed E-state index contributed by atoms with van der Waals surface area (Å²) in [5, 5.41) is 8.80. The van der Waals surface area contributed by atoms with Crippen molar-refractivity contribution in [2.45, 2.75) is 58.4 Å². The molecular formula is C18H26O11. The van der Waals surface area contributed by atoms with Crippen LogP contribution < -0.4 is 0 Å². The lowest BCUT2D eigenvalue weighted by molar-refractivity contribution is -0.306. The average Bonchev–Trinajstić information content (AvgIpc) is 2.60. The number of aliphatic hydroxyl groups excluding tert-OH is 1. The van der Waals surface area contributed by atoms with E-state index in [0.717, 1.165) is 20.8 Å². The fourth-order valence-electron chi connectivity index (χ4n) is 2.62. The molecule has 1 aliphatic heterocycles. The summed E-state index contributed by atoms with van der Waals surface area (Å²) < 4.78 is 31.9. The molecule has 11 nitrogen and oxygen atoms in total. The van der Waals surface area contributed by atoms with Crippen LogP contribution in [0.2, 0.25) is 0 Å². The van der Waals surface area contributed by atoms with Gasteiger partial charge in [0.2, 0.25) is 0 Å². The van der Waals surface area contributed by atoms with Crippen LogP contribution >= 0.6 is 0 Å². The highest BCUT2D eigenvalue weighted by Crippen LogP contribution is 2.29. The van der Waals surface area contributed by atoms with Crippen molar-refractivity contribution in [3.63, 3.8) is 0 Å². The summed E-state index contributed by atoms with van der Waals surface area (Å²) in [5.41, 5.74) is 0. The smallest absolute Gasteiger partial charge is 0.303 e. The molecular weight excluding hydrogens is 392 g/mol. The first-order chi connectivity index (χ1) is 13.6. The Labute approximate surface area is 167 Å². The van der Waals surface area contributed by atoms with Crippen molar-refractivity contribution >= 4 is 23.9 Å². The minimum atomic E-state index is -1.28. The number of aliphatic hydroxyl groups is 1. The molecule has 1 heterocycles. The van der Waals surface area contributed by atoms with Crippen LogP contribution in [0, 0.1) is 0 Å². The zero-order valence-corrected chi connectivity index (χ0v) is 16.7. The van der Waals surface area contributed by atoms with Crippen molar-refractivity contribution in [1.82, 2.24) is 0 Å². The number of hydrogen-bond donors (Lipinski definition) is 1. The third kappa shape index (κ3) is 8.59. The first-order valence-corrected chi connectivity index (χ1v) is 8.83. The molecule has 1 aliphatic rings. The van der Waals surface area contributed by atoms with E-state index in [9.17, 15) is 19.2 Å². The molecule has 0 aromatic carbocycles. The van der Waals surface area contributed by atoms with E-state index in [0.29, 0.717) is 0 Å². The van der Waals surface area contributed by atoms with Gasteiger partial charge in [0.05, 0.1) is 13.2 Å². The van der Waals surface area contributed by atoms with Crippen molar-refractivity contribution in [3.05, 3.63) is 12.2 Å². The van der Waals surface area contributed by atoms with Crippen LogP contribution in [-0.4, -0.2) is 79.5 Å². The monoisotopic (exact) mass is 418 g/mol. The van der Waals surface area contributed by atoms with E-state index in [-0.39, 0.29) is 19.8 Å². The Kier molecular flexibility index (Phi) is 10.3. The predicted octanol–water partition coefficient (Wildman–Crippen LogP) is -0.365. The van der Waals surface area contributed by atoms with Gasteiger partial charge in [0.25, 0.3) is 0 Å². The SMILES string of the molecule is CC(=O)OC[C@H]1O[C@H](OC/C=C\CO)[C@H](OC(C)=O)[C@H](OC(C)=O)[C@@H]1OC(C)=O. The van der Waals surface area contributed by atoms with Crippen LogP contribution in [0.4, 0.5) is 0 Å². The molecule has 1 rings (SSSR count). The molecule has 5 atom stereocenters. The summed E-state index contributed by atoms with van der Waals surface area (Å²) in [5.74, 6) is -2.76. The number of ether oxygens (including phenoxy) is 6. The standard InChI is InChI=1S/C18H26O11/c1-10(20)25-9-14-15(26-11(2)21)16(27-12(3)22)17(28-13(4)23)18(29-14)24-8-6-5-7-19/h5-6,14-19H,7-9H2,1-4H3/b6-5-/t14-,15-,16-,17-,18+/m1/s1. The Hall–Kier alpha value is -2.50. The molecule has 0 bridgehead atoms. The van der Waals surface area contributed by atoms with Crippen molar-refractivity contribution in [2.24, 2.45) is 0 Å². The highest BCUT2D eigenvalue weighted by Gasteiger charge is 2.52. The molecule has 0 radical (unpaired) electrons. The molecule has 0 aliphatic carbocycles. The predicted molar refractivity (Wildman–Crippen MR) is 94.1 cm³/mol. The molecule has 1 N–H and O–H groups in total. The summed E-state index contributed by atoms with van der Waals surface area (Å²) >= 11 is 0. The third-order valence-corrected chi connectivity index (χ3v) is 3.58. The largest absolute Gasteiger partial charge is 0.463 e. The summed E-state index contributed by atoms with van der Waals surface area (Å²) in [6.07, 6.45) is -3.16. The number of hydrogen-bond acceptors (Lipinski definition) is 11. The number of carbonyl (C=O) groups is 4. The molecule has 1 fully saturated rings. The Morgan fingerprint density at radius 1 is 0.828 bits per heavy atom. The Bertz CT molecular complexity index is 615. The lowest BCUT2D eigenvalue weighted by Gasteiger charge is -2.43. The van der Waals surface area contributed by atoms with Crippen molar-refractivity contribution in [2.75, 3.05) is 19.8 Å². The fourth-order valence-corrected chi connectivity index (χ4v) is 2.62. The van der Waals surface area contributed by atoms with Crippen LogP contribution in [0.5, 0.6) is 0 Å². The lowest BCUT2D eigenvalue weighted by atomic mass is 9.98. The molecule has 0 spiro atoms. The molecule has 0 saturated carbocycles. The minimum absolute atomic E-state index is 0.0334. The zero-order valence-electron chi connectivity index (χ0n) is 16.7. The normalized spacial score (nSPS) is 26.6. The average molecular weight is 418 g/mol. The zero-order chi connectivity index (χ0) is 22.0. The summed E-state index contributed by atoms with van der Waals surface area (Å²) in [6.45, 7) is 4.02. The van der Waals surface area contributed by atoms with Gasteiger partial charge in [-0.05, 0) is 0 Å². The molecule has 11 heteroatoms. The van der Waals surface area contributed by atoms with Gasteiger partial charge in [-0.15, -0.1) is 0 Å². The molecule has 0 aromatic heterocycles. The maximum absolute atomic E-state index is 11.6. The van der Waals surface area contributed by atoms with Gasteiger partial charge in [-0.25, -0.2) is 0 Å². The van der Waals surface area contributed by atoms with Crippen LogP contribution in [0.3, 0.4) is 0 Å². The van der Waals surface area contributed by atoms with Gasteiger partial charge in [-0.1, -0.05) is 12.2 Å².